The second-order valence-electron chi connectivity index (χ2n) is 4.53. The number of hydrogen-bond donors (Lipinski definition) is 2. The van der Waals surface area contributed by atoms with Crippen molar-refractivity contribution in [3.05, 3.63) is 18.2 Å². The van der Waals surface area contributed by atoms with Crippen LogP contribution in [0.3, 0.4) is 0 Å². The van der Waals surface area contributed by atoms with E-state index >= 15 is 0 Å². The fourth-order valence-corrected chi connectivity index (χ4v) is 3.82. The first-order chi connectivity index (χ1) is 8.18. The third kappa shape index (κ3) is 3.54. The summed E-state index contributed by atoms with van der Waals surface area (Å²) in [5.74, 6) is 0. The summed E-state index contributed by atoms with van der Waals surface area (Å²) in [7, 11) is -3.12. The van der Waals surface area contributed by atoms with Gasteiger partial charge in [-0.1, -0.05) is 19.3 Å². The molecule has 1 heterocycles. The molecule has 2 rings (SSSR count). The zero-order valence-corrected chi connectivity index (χ0v) is 10.7. The van der Waals surface area contributed by atoms with Crippen LogP contribution in [-0.2, 0) is 16.4 Å². The van der Waals surface area contributed by atoms with E-state index in [-0.39, 0.29) is 5.25 Å². The maximum atomic E-state index is 12.0. The maximum Gasteiger partial charge on any atom is 0.214 e. The summed E-state index contributed by atoms with van der Waals surface area (Å²) < 4.78 is 26.6. The Morgan fingerprint density at radius 1 is 1.35 bits per heavy atom. The van der Waals surface area contributed by atoms with Crippen LogP contribution in [0.4, 0.5) is 0 Å². The molecular formula is C11H19N3O2S. The normalized spacial score (nSPS) is 18.4. The van der Waals surface area contributed by atoms with Crippen LogP contribution < -0.4 is 4.72 Å². The minimum atomic E-state index is -3.12. The highest BCUT2D eigenvalue weighted by Gasteiger charge is 2.26. The van der Waals surface area contributed by atoms with Crippen LogP contribution in [0.5, 0.6) is 0 Å². The van der Waals surface area contributed by atoms with Gasteiger partial charge in [0.05, 0.1) is 11.6 Å². The van der Waals surface area contributed by atoms with E-state index in [0.29, 0.717) is 13.0 Å². The molecular weight excluding hydrogens is 238 g/mol. The third-order valence-corrected chi connectivity index (χ3v) is 5.20. The largest absolute Gasteiger partial charge is 0.348 e. The SMILES string of the molecule is O=S(=O)(NCCc1cnc[nH]1)C1CCCCC1. The van der Waals surface area contributed by atoms with E-state index in [4.69, 9.17) is 0 Å². The molecule has 0 aliphatic heterocycles. The van der Waals surface area contributed by atoms with Gasteiger partial charge in [-0.25, -0.2) is 18.1 Å². The number of sulfonamides is 1. The number of rotatable bonds is 5. The van der Waals surface area contributed by atoms with Crippen molar-refractivity contribution < 1.29 is 8.42 Å². The molecule has 0 spiro atoms. The predicted octanol–water partition coefficient (Wildman–Crippen LogP) is 1.20. The van der Waals surface area contributed by atoms with Crippen LogP contribution in [0, 0.1) is 0 Å². The van der Waals surface area contributed by atoms with Crippen molar-refractivity contribution in [2.45, 2.75) is 43.8 Å². The zero-order chi connectivity index (χ0) is 12.1. The Morgan fingerprint density at radius 2 is 2.12 bits per heavy atom. The van der Waals surface area contributed by atoms with Gasteiger partial charge in [0.2, 0.25) is 10.0 Å². The van der Waals surface area contributed by atoms with Gasteiger partial charge in [0.25, 0.3) is 0 Å². The number of nitrogens with zero attached hydrogens (tertiary/aromatic N) is 1. The summed E-state index contributed by atoms with van der Waals surface area (Å²) in [6, 6.07) is 0. The fraction of sp³-hybridized carbons (Fsp3) is 0.727. The van der Waals surface area contributed by atoms with Crippen molar-refractivity contribution in [1.29, 1.82) is 0 Å². The third-order valence-electron chi connectivity index (χ3n) is 3.24. The van der Waals surface area contributed by atoms with Crippen LogP contribution in [-0.4, -0.2) is 30.2 Å². The Morgan fingerprint density at radius 3 is 2.76 bits per heavy atom. The van der Waals surface area contributed by atoms with Crippen LogP contribution in [0.25, 0.3) is 0 Å². The number of aromatic amines is 1. The second-order valence-corrected chi connectivity index (χ2v) is 6.57. The highest BCUT2D eigenvalue weighted by atomic mass is 32.2. The van der Waals surface area contributed by atoms with E-state index in [1.54, 1.807) is 12.5 Å². The van der Waals surface area contributed by atoms with Gasteiger partial charge in [0.15, 0.2) is 0 Å². The number of H-pyrrole nitrogens is 1. The highest BCUT2D eigenvalue weighted by Crippen LogP contribution is 2.22. The number of aromatic nitrogens is 2. The Hall–Kier alpha value is -0.880. The standard InChI is InChI=1S/C11H19N3O2S/c15-17(16,11-4-2-1-3-5-11)14-7-6-10-8-12-9-13-10/h8-9,11,14H,1-7H2,(H,12,13). The Labute approximate surface area is 102 Å². The van der Waals surface area contributed by atoms with Crippen LogP contribution >= 0.6 is 0 Å². The van der Waals surface area contributed by atoms with Gasteiger partial charge < -0.3 is 4.98 Å². The van der Waals surface area contributed by atoms with Crippen molar-refractivity contribution in [1.82, 2.24) is 14.7 Å². The van der Waals surface area contributed by atoms with Crippen molar-refractivity contribution in [3.63, 3.8) is 0 Å². The molecule has 0 amide bonds. The van der Waals surface area contributed by atoms with Gasteiger partial charge in [-0.2, -0.15) is 0 Å². The topological polar surface area (TPSA) is 74.8 Å². The van der Waals surface area contributed by atoms with Gasteiger partial charge in [0, 0.05) is 24.9 Å². The Balaban J connectivity index is 1.80. The maximum absolute atomic E-state index is 12.0. The number of imidazole rings is 1. The lowest BCUT2D eigenvalue weighted by atomic mass is 10.0. The lowest BCUT2D eigenvalue weighted by molar-refractivity contribution is 0.477. The molecule has 17 heavy (non-hydrogen) atoms. The van der Waals surface area contributed by atoms with Gasteiger partial charge in [0.1, 0.15) is 0 Å². The van der Waals surface area contributed by atoms with E-state index in [2.05, 4.69) is 14.7 Å². The predicted molar refractivity (Wildman–Crippen MR) is 66.1 cm³/mol. The molecule has 0 unspecified atom stereocenters. The summed E-state index contributed by atoms with van der Waals surface area (Å²) in [4.78, 5) is 6.85. The summed E-state index contributed by atoms with van der Waals surface area (Å²) >= 11 is 0. The molecule has 2 N–H and O–H groups in total. The minimum Gasteiger partial charge on any atom is -0.348 e. The van der Waals surface area contributed by atoms with E-state index in [0.717, 1.165) is 31.4 Å². The lowest BCUT2D eigenvalue weighted by Gasteiger charge is -2.21. The molecule has 1 aliphatic rings. The molecule has 5 nitrogen and oxygen atoms in total. The smallest absolute Gasteiger partial charge is 0.214 e. The summed E-state index contributed by atoms with van der Waals surface area (Å²) in [6.45, 7) is 0.445. The number of hydrogen-bond acceptors (Lipinski definition) is 3. The average molecular weight is 257 g/mol. The number of nitrogens with one attached hydrogen (secondary N) is 2. The molecule has 0 atom stereocenters. The molecule has 6 heteroatoms. The first kappa shape index (κ1) is 12.6. The molecule has 0 bridgehead atoms. The molecule has 1 saturated carbocycles. The molecule has 0 radical (unpaired) electrons. The molecule has 1 aromatic rings. The lowest BCUT2D eigenvalue weighted by Crippen LogP contribution is -2.36. The van der Waals surface area contributed by atoms with Gasteiger partial charge in [-0.3, -0.25) is 0 Å². The molecule has 1 fully saturated rings. The summed E-state index contributed by atoms with van der Waals surface area (Å²) in [5.41, 5.74) is 0.955. The molecule has 0 saturated heterocycles. The Bertz CT molecular complexity index is 422. The summed E-state index contributed by atoms with van der Waals surface area (Å²) in [5, 5.41) is -0.182. The summed E-state index contributed by atoms with van der Waals surface area (Å²) in [6.07, 6.45) is 8.82. The van der Waals surface area contributed by atoms with Crippen molar-refractivity contribution in [3.8, 4) is 0 Å². The van der Waals surface area contributed by atoms with Crippen molar-refractivity contribution in [2.75, 3.05) is 6.54 Å². The monoisotopic (exact) mass is 257 g/mol. The minimum absolute atomic E-state index is 0.182. The van der Waals surface area contributed by atoms with E-state index < -0.39 is 10.0 Å². The molecule has 96 valence electrons. The Kier molecular flexibility index (Phi) is 4.17. The van der Waals surface area contributed by atoms with Gasteiger partial charge in [-0.05, 0) is 12.8 Å². The molecule has 1 aliphatic carbocycles. The second kappa shape index (κ2) is 5.64. The van der Waals surface area contributed by atoms with Crippen LogP contribution in [0.15, 0.2) is 12.5 Å². The van der Waals surface area contributed by atoms with Gasteiger partial charge >= 0.3 is 0 Å². The first-order valence-corrected chi connectivity index (χ1v) is 7.69. The first-order valence-electron chi connectivity index (χ1n) is 6.14. The van der Waals surface area contributed by atoms with E-state index in [1.165, 1.54) is 6.42 Å². The van der Waals surface area contributed by atoms with Crippen LogP contribution in [0.2, 0.25) is 0 Å². The average Bonchev–Trinajstić information content (AvgIpc) is 2.83. The van der Waals surface area contributed by atoms with Crippen LogP contribution in [0.1, 0.15) is 37.8 Å². The van der Waals surface area contributed by atoms with Crippen molar-refractivity contribution in [2.24, 2.45) is 0 Å². The van der Waals surface area contributed by atoms with Gasteiger partial charge in [-0.15, -0.1) is 0 Å². The van der Waals surface area contributed by atoms with E-state index in [9.17, 15) is 8.42 Å². The van der Waals surface area contributed by atoms with Crippen molar-refractivity contribution >= 4 is 10.0 Å². The molecule has 1 aromatic heterocycles. The highest BCUT2D eigenvalue weighted by molar-refractivity contribution is 7.90. The van der Waals surface area contributed by atoms with E-state index in [1.807, 2.05) is 0 Å². The quantitative estimate of drug-likeness (QED) is 0.832. The molecule has 0 aromatic carbocycles. The zero-order valence-electron chi connectivity index (χ0n) is 9.85. The fourth-order valence-electron chi connectivity index (χ4n) is 2.24.